The van der Waals surface area contributed by atoms with Gasteiger partial charge in [0.15, 0.2) is 5.66 Å². The third-order valence-electron chi connectivity index (χ3n) is 12.9. The molecular formula is C61H43N3. The van der Waals surface area contributed by atoms with Crippen LogP contribution in [0.2, 0.25) is 0 Å². The maximum atomic E-state index is 2.60. The molecule has 0 amide bonds. The summed E-state index contributed by atoms with van der Waals surface area (Å²) >= 11 is 0. The lowest BCUT2D eigenvalue weighted by molar-refractivity contribution is 0.560. The third kappa shape index (κ3) is 6.05. The summed E-state index contributed by atoms with van der Waals surface area (Å²) in [5, 5.41) is 2.40. The van der Waals surface area contributed by atoms with Crippen LogP contribution in [-0.2, 0) is 5.66 Å². The van der Waals surface area contributed by atoms with Crippen molar-refractivity contribution in [2.45, 2.75) is 5.66 Å². The molecule has 0 radical (unpaired) electrons. The number of hydrogen-bond acceptors (Lipinski definition) is 2. The van der Waals surface area contributed by atoms with Crippen LogP contribution in [-0.4, -0.2) is 4.57 Å². The standard InChI is InChI=1S/C61H43N3/c1-6-21-44(22-7-1)47-27-18-30-50(39-47)61(51-31-19-28-48(40-51)45-23-8-2-9-24-45)63(52-32-12-4-13-33-52)59-42-56-55-37-16-17-38-57(55)62(54-36-20-29-49(41-54)46-25-10-3-11-26-46)58(56)43-60(59)64(61)53-34-14-5-15-35-53/h1-43H. The Kier molecular flexibility index (Phi) is 9.05. The van der Waals surface area contributed by atoms with E-state index in [0.717, 1.165) is 56.2 Å². The van der Waals surface area contributed by atoms with Crippen molar-refractivity contribution in [2.75, 3.05) is 9.80 Å². The van der Waals surface area contributed by atoms with E-state index < -0.39 is 5.66 Å². The topological polar surface area (TPSA) is 11.4 Å². The van der Waals surface area contributed by atoms with Gasteiger partial charge in [-0.15, -0.1) is 0 Å². The fourth-order valence-corrected chi connectivity index (χ4v) is 10.1. The molecular weight excluding hydrogens is 775 g/mol. The highest BCUT2D eigenvalue weighted by molar-refractivity contribution is 6.14. The summed E-state index contributed by atoms with van der Waals surface area (Å²) in [5.74, 6) is 0. The normalized spacial score (nSPS) is 13.1. The van der Waals surface area contributed by atoms with Gasteiger partial charge in [-0.25, -0.2) is 0 Å². The summed E-state index contributed by atoms with van der Waals surface area (Å²) in [7, 11) is 0. The van der Waals surface area contributed by atoms with Gasteiger partial charge in [-0.2, -0.15) is 0 Å². The van der Waals surface area contributed by atoms with Gasteiger partial charge in [0.05, 0.1) is 22.4 Å². The first kappa shape index (κ1) is 37.4. The van der Waals surface area contributed by atoms with Crippen LogP contribution in [0.25, 0.3) is 60.9 Å². The molecule has 0 spiro atoms. The Balaban J connectivity index is 1.22. The van der Waals surface area contributed by atoms with Gasteiger partial charge >= 0.3 is 0 Å². The lowest BCUT2D eigenvalue weighted by atomic mass is 9.84. The number of aromatic nitrogens is 1. The largest absolute Gasteiger partial charge is 0.309 e. The van der Waals surface area contributed by atoms with Crippen LogP contribution >= 0.6 is 0 Å². The molecule has 0 atom stereocenters. The van der Waals surface area contributed by atoms with Gasteiger partial charge < -0.3 is 14.4 Å². The molecule has 12 rings (SSSR count). The van der Waals surface area contributed by atoms with Crippen LogP contribution < -0.4 is 9.80 Å². The van der Waals surface area contributed by atoms with E-state index in [1.165, 1.54) is 38.5 Å². The maximum absolute atomic E-state index is 2.60. The number of hydrogen-bond donors (Lipinski definition) is 0. The Hall–Kier alpha value is -8.40. The zero-order valence-corrected chi connectivity index (χ0v) is 35.2. The molecule has 1 aromatic heterocycles. The van der Waals surface area contributed by atoms with Gasteiger partial charge in [0.1, 0.15) is 0 Å². The minimum atomic E-state index is -0.909. The van der Waals surface area contributed by atoms with Crippen molar-refractivity contribution in [1.29, 1.82) is 0 Å². The second-order valence-electron chi connectivity index (χ2n) is 16.5. The van der Waals surface area contributed by atoms with Crippen molar-refractivity contribution in [2.24, 2.45) is 0 Å². The Bertz CT molecular complexity index is 3350. The van der Waals surface area contributed by atoms with E-state index >= 15 is 0 Å². The molecule has 1 aliphatic rings. The van der Waals surface area contributed by atoms with Gasteiger partial charge in [-0.1, -0.05) is 194 Å². The van der Waals surface area contributed by atoms with E-state index in [-0.39, 0.29) is 0 Å². The second kappa shape index (κ2) is 15.5. The summed E-state index contributed by atoms with van der Waals surface area (Å²) in [4.78, 5) is 5.20. The lowest BCUT2D eigenvalue weighted by Crippen LogP contribution is -2.51. The fourth-order valence-electron chi connectivity index (χ4n) is 10.1. The molecule has 0 saturated heterocycles. The van der Waals surface area contributed by atoms with Crippen molar-refractivity contribution in [3.05, 3.63) is 272 Å². The summed E-state index contributed by atoms with van der Waals surface area (Å²) in [6.45, 7) is 0. The highest BCUT2D eigenvalue weighted by atomic mass is 15.5. The fraction of sp³-hybridized carbons (Fsp3) is 0.0164. The molecule has 302 valence electrons. The first-order valence-corrected chi connectivity index (χ1v) is 22.0. The predicted molar refractivity (Wildman–Crippen MR) is 268 cm³/mol. The minimum Gasteiger partial charge on any atom is -0.309 e. The van der Waals surface area contributed by atoms with Crippen LogP contribution in [0.4, 0.5) is 22.7 Å². The van der Waals surface area contributed by atoms with Gasteiger partial charge in [0, 0.05) is 39.0 Å². The molecule has 3 heteroatoms. The molecule has 0 bridgehead atoms. The number of rotatable bonds is 8. The Morgan fingerprint density at radius 2 is 0.641 bits per heavy atom. The molecule has 64 heavy (non-hydrogen) atoms. The van der Waals surface area contributed by atoms with E-state index in [4.69, 9.17) is 0 Å². The van der Waals surface area contributed by atoms with Gasteiger partial charge in [0.25, 0.3) is 0 Å². The first-order valence-electron chi connectivity index (χ1n) is 22.0. The van der Waals surface area contributed by atoms with E-state index in [9.17, 15) is 0 Å². The number of nitrogens with zero attached hydrogens (tertiary/aromatic N) is 3. The van der Waals surface area contributed by atoms with Crippen LogP contribution in [0.15, 0.2) is 261 Å². The Morgan fingerprint density at radius 3 is 1.16 bits per heavy atom. The van der Waals surface area contributed by atoms with Crippen LogP contribution in [0.1, 0.15) is 11.1 Å². The molecule has 0 fully saturated rings. The monoisotopic (exact) mass is 817 g/mol. The molecule has 3 nitrogen and oxygen atoms in total. The zero-order valence-electron chi connectivity index (χ0n) is 35.2. The molecule has 0 N–H and O–H groups in total. The summed E-state index contributed by atoms with van der Waals surface area (Å²) in [6.07, 6.45) is 0. The van der Waals surface area contributed by atoms with Gasteiger partial charge in [-0.3, -0.25) is 0 Å². The third-order valence-corrected chi connectivity index (χ3v) is 12.9. The van der Waals surface area contributed by atoms with Crippen molar-refractivity contribution >= 4 is 44.6 Å². The average molecular weight is 818 g/mol. The van der Waals surface area contributed by atoms with E-state index in [1.807, 2.05) is 0 Å². The number of para-hydroxylation sites is 3. The van der Waals surface area contributed by atoms with Crippen molar-refractivity contribution in [1.82, 2.24) is 4.57 Å². The van der Waals surface area contributed by atoms with Crippen molar-refractivity contribution in [3.63, 3.8) is 0 Å². The molecule has 10 aromatic carbocycles. The zero-order chi connectivity index (χ0) is 42.5. The number of anilines is 4. The SMILES string of the molecule is c1ccc(-c2cccc(-n3c4ccccc4c4cc5c(cc43)N(c3ccccc3)C(c3cccc(-c4ccccc4)c3)(c3cccc(-c4ccccc4)c3)N5c3ccccc3)c2)cc1. The van der Waals surface area contributed by atoms with Crippen LogP contribution in [0.3, 0.4) is 0 Å². The first-order chi connectivity index (χ1) is 31.8. The predicted octanol–water partition coefficient (Wildman–Crippen LogP) is 16.0. The highest BCUT2D eigenvalue weighted by Gasteiger charge is 2.54. The van der Waals surface area contributed by atoms with E-state index in [2.05, 4.69) is 275 Å². The second-order valence-corrected chi connectivity index (χ2v) is 16.5. The molecule has 1 aliphatic heterocycles. The summed E-state index contributed by atoms with van der Waals surface area (Å²) < 4.78 is 2.46. The summed E-state index contributed by atoms with van der Waals surface area (Å²) in [6, 6.07) is 95.2. The van der Waals surface area contributed by atoms with Crippen LogP contribution in [0.5, 0.6) is 0 Å². The number of benzene rings is 10. The molecule has 2 heterocycles. The Labute approximate surface area is 374 Å². The molecule has 0 unspecified atom stereocenters. The van der Waals surface area contributed by atoms with E-state index in [0.29, 0.717) is 0 Å². The summed E-state index contributed by atoms with van der Waals surface area (Å²) in [5.41, 5.74) is 16.3. The number of fused-ring (bicyclic) bond motifs is 4. The molecule has 11 aromatic rings. The smallest absolute Gasteiger partial charge is 0.175 e. The maximum Gasteiger partial charge on any atom is 0.175 e. The minimum absolute atomic E-state index is 0.909. The van der Waals surface area contributed by atoms with Crippen molar-refractivity contribution < 1.29 is 0 Å². The van der Waals surface area contributed by atoms with Gasteiger partial charge in [-0.05, 0) is 100 Å². The average Bonchev–Trinajstić information content (AvgIpc) is 3.87. The van der Waals surface area contributed by atoms with Crippen LogP contribution in [0, 0.1) is 0 Å². The van der Waals surface area contributed by atoms with Crippen molar-refractivity contribution in [3.8, 4) is 39.1 Å². The molecule has 0 saturated carbocycles. The molecule has 0 aliphatic carbocycles. The lowest BCUT2D eigenvalue weighted by Gasteiger charge is -2.47. The van der Waals surface area contributed by atoms with E-state index in [1.54, 1.807) is 0 Å². The highest BCUT2D eigenvalue weighted by Crippen LogP contribution is 2.61. The Morgan fingerprint density at radius 1 is 0.250 bits per heavy atom. The van der Waals surface area contributed by atoms with Gasteiger partial charge in [0.2, 0.25) is 0 Å². The quantitative estimate of drug-likeness (QED) is 0.151.